The van der Waals surface area contributed by atoms with Gasteiger partial charge in [-0.05, 0) is 24.8 Å². The Kier molecular flexibility index (Phi) is 6.93. The fourth-order valence-electron chi connectivity index (χ4n) is 2.13. The molecule has 16 heavy (non-hydrogen) atoms. The molecule has 0 saturated heterocycles. The van der Waals surface area contributed by atoms with E-state index in [0.717, 1.165) is 19.4 Å². The van der Waals surface area contributed by atoms with Gasteiger partial charge in [-0.25, -0.2) is 0 Å². The van der Waals surface area contributed by atoms with Gasteiger partial charge < -0.3 is 10.1 Å². The van der Waals surface area contributed by atoms with Gasteiger partial charge in [-0.15, -0.1) is 0 Å². The molecule has 2 nitrogen and oxygen atoms in total. The van der Waals surface area contributed by atoms with Gasteiger partial charge in [0.05, 0.1) is 6.10 Å². The molecular weight excluding hydrogens is 198 g/mol. The molecule has 0 rings (SSSR count). The summed E-state index contributed by atoms with van der Waals surface area (Å²) in [7, 11) is 1.80. The van der Waals surface area contributed by atoms with Crippen molar-refractivity contribution in [1.82, 2.24) is 5.32 Å². The van der Waals surface area contributed by atoms with Crippen molar-refractivity contribution in [3.05, 3.63) is 12.2 Å². The summed E-state index contributed by atoms with van der Waals surface area (Å²) in [5.74, 6) is 0. The lowest BCUT2D eigenvalue weighted by molar-refractivity contribution is -0.0107. The van der Waals surface area contributed by atoms with E-state index in [1.54, 1.807) is 7.11 Å². The molecule has 0 heterocycles. The second kappa shape index (κ2) is 7.08. The fraction of sp³-hybridized carbons (Fsp3) is 0.857. The van der Waals surface area contributed by atoms with E-state index in [1.807, 2.05) is 0 Å². The first-order chi connectivity index (χ1) is 7.36. The van der Waals surface area contributed by atoms with E-state index in [9.17, 15) is 0 Å². The summed E-state index contributed by atoms with van der Waals surface area (Å²) >= 11 is 0. The zero-order valence-electron chi connectivity index (χ0n) is 11.9. The third-order valence-electron chi connectivity index (χ3n) is 2.95. The lowest BCUT2D eigenvalue weighted by Gasteiger charge is -2.36. The van der Waals surface area contributed by atoms with Crippen LogP contribution in [0.2, 0.25) is 0 Å². The number of nitrogens with one attached hydrogen (secondary N) is 1. The van der Waals surface area contributed by atoms with Crippen molar-refractivity contribution in [1.29, 1.82) is 0 Å². The van der Waals surface area contributed by atoms with E-state index in [0.29, 0.717) is 6.04 Å². The first kappa shape index (κ1) is 15.7. The summed E-state index contributed by atoms with van der Waals surface area (Å²) in [6, 6.07) is 0.363. The highest BCUT2D eigenvalue weighted by Crippen LogP contribution is 2.27. The molecule has 0 radical (unpaired) electrons. The van der Waals surface area contributed by atoms with E-state index in [2.05, 4.69) is 46.5 Å². The van der Waals surface area contributed by atoms with Gasteiger partial charge in [-0.2, -0.15) is 0 Å². The van der Waals surface area contributed by atoms with Gasteiger partial charge in [0.2, 0.25) is 0 Å². The van der Waals surface area contributed by atoms with Crippen LogP contribution >= 0.6 is 0 Å². The van der Waals surface area contributed by atoms with Crippen molar-refractivity contribution < 1.29 is 4.74 Å². The van der Waals surface area contributed by atoms with Gasteiger partial charge in [-0.3, -0.25) is 0 Å². The standard InChI is InChI=1S/C14H29NO/c1-8-11(3)10-12(15-9-2)13(16-7)14(4,5)6/h12-13,15H,3,8-10H2,1-2,4-7H3. The van der Waals surface area contributed by atoms with Crippen LogP contribution in [0.3, 0.4) is 0 Å². The predicted molar refractivity (Wildman–Crippen MR) is 71.8 cm³/mol. The van der Waals surface area contributed by atoms with Crippen molar-refractivity contribution in [2.24, 2.45) is 5.41 Å². The number of hydrogen-bond donors (Lipinski definition) is 1. The minimum Gasteiger partial charge on any atom is -0.379 e. The van der Waals surface area contributed by atoms with Crippen LogP contribution < -0.4 is 5.32 Å². The zero-order chi connectivity index (χ0) is 12.8. The Labute approximate surface area is 101 Å². The molecule has 1 N–H and O–H groups in total. The maximum absolute atomic E-state index is 5.67. The van der Waals surface area contributed by atoms with Crippen LogP contribution in [0.25, 0.3) is 0 Å². The third-order valence-corrected chi connectivity index (χ3v) is 2.95. The highest BCUT2D eigenvalue weighted by Gasteiger charge is 2.31. The smallest absolute Gasteiger partial charge is 0.0775 e. The van der Waals surface area contributed by atoms with E-state index >= 15 is 0 Å². The van der Waals surface area contributed by atoms with Crippen LogP contribution in [0.1, 0.15) is 47.5 Å². The van der Waals surface area contributed by atoms with Crippen molar-refractivity contribution >= 4 is 0 Å². The molecule has 2 heteroatoms. The maximum Gasteiger partial charge on any atom is 0.0775 e. The summed E-state index contributed by atoms with van der Waals surface area (Å²) in [4.78, 5) is 0. The number of likely N-dealkylation sites (N-methyl/N-ethyl adjacent to an activating group) is 1. The van der Waals surface area contributed by atoms with Crippen molar-refractivity contribution in [2.45, 2.75) is 59.6 Å². The molecular formula is C14H29NO. The summed E-state index contributed by atoms with van der Waals surface area (Å²) in [5.41, 5.74) is 1.44. The highest BCUT2D eigenvalue weighted by atomic mass is 16.5. The van der Waals surface area contributed by atoms with Crippen LogP contribution in [-0.4, -0.2) is 25.8 Å². The lowest BCUT2D eigenvalue weighted by atomic mass is 9.82. The summed E-state index contributed by atoms with van der Waals surface area (Å²) < 4.78 is 5.67. The quantitative estimate of drug-likeness (QED) is 0.673. The molecule has 0 aliphatic heterocycles. The molecule has 0 bridgehead atoms. The van der Waals surface area contributed by atoms with Gasteiger partial charge >= 0.3 is 0 Å². The lowest BCUT2D eigenvalue weighted by Crippen LogP contribution is -2.47. The van der Waals surface area contributed by atoms with Crippen LogP contribution in [0.5, 0.6) is 0 Å². The summed E-state index contributed by atoms with van der Waals surface area (Å²) in [6.07, 6.45) is 2.26. The number of hydrogen-bond acceptors (Lipinski definition) is 2. The van der Waals surface area contributed by atoms with E-state index < -0.39 is 0 Å². The Morgan fingerprint density at radius 2 is 1.88 bits per heavy atom. The van der Waals surface area contributed by atoms with Crippen LogP contribution in [-0.2, 0) is 4.74 Å². The summed E-state index contributed by atoms with van der Waals surface area (Å²) in [6.45, 7) is 16.0. The molecule has 2 unspecified atom stereocenters. The van der Waals surface area contributed by atoms with Crippen molar-refractivity contribution in [3.8, 4) is 0 Å². The molecule has 0 aliphatic carbocycles. The average molecular weight is 227 g/mol. The van der Waals surface area contributed by atoms with Crippen molar-refractivity contribution in [2.75, 3.05) is 13.7 Å². The number of methoxy groups -OCH3 is 1. The van der Waals surface area contributed by atoms with Crippen molar-refractivity contribution in [3.63, 3.8) is 0 Å². The van der Waals surface area contributed by atoms with E-state index in [1.165, 1.54) is 5.57 Å². The zero-order valence-corrected chi connectivity index (χ0v) is 11.9. The Morgan fingerprint density at radius 3 is 2.19 bits per heavy atom. The molecule has 0 spiro atoms. The van der Waals surface area contributed by atoms with Crippen LogP contribution in [0.4, 0.5) is 0 Å². The van der Waals surface area contributed by atoms with Crippen LogP contribution in [0.15, 0.2) is 12.2 Å². The monoisotopic (exact) mass is 227 g/mol. The Bertz CT molecular complexity index is 205. The summed E-state index contributed by atoms with van der Waals surface area (Å²) in [5, 5.41) is 3.52. The van der Waals surface area contributed by atoms with E-state index in [4.69, 9.17) is 4.74 Å². The molecule has 0 fully saturated rings. The fourth-order valence-corrected chi connectivity index (χ4v) is 2.13. The van der Waals surface area contributed by atoms with Gasteiger partial charge in [0.1, 0.15) is 0 Å². The SMILES string of the molecule is C=C(CC)CC(NCC)C(OC)C(C)(C)C. The first-order valence-electron chi connectivity index (χ1n) is 6.29. The molecule has 96 valence electrons. The minimum atomic E-state index is 0.148. The Balaban J connectivity index is 4.65. The van der Waals surface area contributed by atoms with Gasteiger partial charge in [-0.1, -0.05) is 46.8 Å². The molecule has 0 aromatic carbocycles. The largest absolute Gasteiger partial charge is 0.379 e. The highest BCUT2D eigenvalue weighted by molar-refractivity contribution is 5.00. The molecule has 0 aliphatic rings. The van der Waals surface area contributed by atoms with Crippen LogP contribution in [0, 0.1) is 5.41 Å². The van der Waals surface area contributed by atoms with Gasteiger partial charge in [0, 0.05) is 13.2 Å². The second-order valence-corrected chi connectivity index (χ2v) is 5.49. The Hall–Kier alpha value is -0.340. The topological polar surface area (TPSA) is 21.3 Å². The normalized spacial score (nSPS) is 15.9. The molecule has 0 saturated carbocycles. The predicted octanol–water partition coefficient (Wildman–Crippen LogP) is 3.38. The van der Waals surface area contributed by atoms with E-state index in [-0.39, 0.29) is 11.5 Å². The molecule has 0 amide bonds. The third kappa shape index (κ3) is 5.13. The second-order valence-electron chi connectivity index (χ2n) is 5.49. The van der Waals surface area contributed by atoms with Gasteiger partial charge in [0.25, 0.3) is 0 Å². The number of ether oxygens (including phenoxy) is 1. The molecule has 2 atom stereocenters. The molecule has 0 aromatic heterocycles. The first-order valence-corrected chi connectivity index (χ1v) is 6.29. The molecule has 0 aromatic rings. The Morgan fingerprint density at radius 1 is 1.31 bits per heavy atom. The maximum atomic E-state index is 5.67. The minimum absolute atomic E-state index is 0.148. The average Bonchev–Trinajstić information content (AvgIpc) is 2.16. The van der Waals surface area contributed by atoms with Gasteiger partial charge in [0.15, 0.2) is 0 Å². The number of rotatable bonds is 7.